The van der Waals surface area contributed by atoms with Crippen LogP contribution in [0.1, 0.15) is 32.3 Å². The Hall–Kier alpha value is -3.93. The number of H-pyrrole nitrogens is 1. The summed E-state index contributed by atoms with van der Waals surface area (Å²) in [7, 11) is 0. The third-order valence-corrected chi connectivity index (χ3v) is 5.48. The molecule has 0 aliphatic heterocycles. The molecule has 0 saturated heterocycles. The number of aliphatic carboxylic acids is 1. The number of amides is 4. The number of aromatic amines is 1. The summed E-state index contributed by atoms with van der Waals surface area (Å²) in [5.74, 6) is -4.34. The molecule has 0 fully saturated rings. The summed E-state index contributed by atoms with van der Waals surface area (Å²) in [6, 6.07) is 3.89. The highest BCUT2D eigenvalue weighted by molar-refractivity contribution is 5.94. The van der Waals surface area contributed by atoms with Crippen molar-refractivity contribution in [2.75, 3.05) is 6.54 Å². The molecule has 12 nitrogen and oxygen atoms in total. The first-order chi connectivity index (χ1) is 16.5. The van der Waals surface area contributed by atoms with Gasteiger partial charge in [0.25, 0.3) is 0 Å². The lowest BCUT2D eigenvalue weighted by molar-refractivity contribution is -0.142. The van der Waals surface area contributed by atoms with E-state index >= 15 is 0 Å². The molecule has 0 aliphatic carbocycles. The zero-order chi connectivity index (χ0) is 26.1. The minimum Gasteiger partial charge on any atom is -0.480 e. The molecule has 1 aromatic carbocycles. The number of rotatable bonds is 13. The standard InChI is InChI=1S/C23H32N6O6/c1-12(2)20(29-21(32)16(7-8-18(25)30)27-19(31)10-24)22(33)28-17(23(34)35)9-13-11-26-15-6-4-3-5-14(13)15/h3-6,11-12,16-17,20,26H,7-10,24H2,1-2H3,(H2,25,30)(H,27,31)(H,28,33)(H,29,32)(H,34,35). The number of nitrogens with two attached hydrogens (primary N) is 2. The number of nitrogens with one attached hydrogen (secondary N) is 4. The van der Waals surface area contributed by atoms with Gasteiger partial charge in [-0.2, -0.15) is 0 Å². The van der Waals surface area contributed by atoms with E-state index in [-0.39, 0.29) is 25.8 Å². The Bertz CT molecular complexity index is 1080. The molecule has 12 heteroatoms. The summed E-state index contributed by atoms with van der Waals surface area (Å²) in [6.45, 7) is 2.98. The predicted octanol–water partition coefficient (Wildman–Crippen LogP) is -0.870. The van der Waals surface area contributed by atoms with Crippen LogP contribution in [0.4, 0.5) is 0 Å². The fourth-order valence-electron chi connectivity index (χ4n) is 3.58. The Morgan fingerprint density at radius 3 is 2.29 bits per heavy atom. The van der Waals surface area contributed by atoms with Crippen LogP contribution in [0.15, 0.2) is 30.5 Å². The molecule has 0 bridgehead atoms. The minimum absolute atomic E-state index is 0.0254. The van der Waals surface area contributed by atoms with E-state index < -0.39 is 53.6 Å². The van der Waals surface area contributed by atoms with Crippen LogP contribution in [0.3, 0.4) is 0 Å². The smallest absolute Gasteiger partial charge is 0.326 e. The number of fused-ring (bicyclic) bond motifs is 1. The van der Waals surface area contributed by atoms with E-state index in [2.05, 4.69) is 20.9 Å². The number of carboxylic acids is 1. The van der Waals surface area contributed by atoms with E-state index in [1.165, 1.54) is 0 Å². The molecule has 3 atom stereocenters. The summed E-state index contributed by atoms with van der Waals surface area (Å²) in [5.41, 5.74) is 12.0. The monoisotopic (exact) mass is 488 g/mol. The number of carbonyl (C=O) groups excluding carboxylic acids is 4. The fourth-order valence-corrected chi connectivity index (χ4v) is 3.58. The molecular weight excluding hydrogens is 456 g/mol. The summed E-state index contributed by atoms with van der Waals surface area (Å²) in [4.78, 5) is 63.7. The lowest BCUT2D eigenvalue weighted by Crippen LogP contribution is -2.58. The first kappa shape index (κ1) is 27.3. The van der Waals surface area contributed by atoms with Crippen LogP contribution in [0.5, 0.6) is 0 Å². The molecule has 190 valence electrons. The Labute approximate surface area is 202 Å². The summed E-state index contributed by atoms with van der Waals surface area (Å²) < 4.78 is 0. The quantitative estimate of drug-likeness (QED) is 0.189. The highest BCUT2D eigenvalue weighted by Crippen LogP contribution is 2.19. The number of hydrogen-bond donors (Lipinski definition) is 7. The summed E-state index contributed by atoms with van der Waals surface area (Å²) >= 11 is 0. The molecule has 2 aromatic rings. The van der Waals surface area contributed by atoms with Crippen LogP contribution < -0.4 is 27.4 Å². The topological polar surface area (TPSA) is 209 Å². The average molecular weight is 489 g/mol. The fraction of sp³-hybridized carbons (Fsp3) is 0.435. The van der Waals surface area contributed by atoms with Crippen molar-refractivity contribution in [3.05, 3.63) is 36.0 Å². The molecule has 4 amide bonds. The van der Waals surface area contributed by atoms with E-state index in [1.807, 2.05) is 24.3 Å². The van der Waals surface area contributed by atoms with Gasteiger partial charge in [0.2, 0.25) is 23.6 Å². The maximum absolute atomic E-state index is 13.0. The van der Waals surface area contributed by atoms with Gasteiger partial charge in [0.1, 0.15) is 18.1 Å². The van der Waals surface area contributed by atoms with Crippen molar-refractivity contribution >= 4 is 40.5 Å². The van der Waals surface area contributed by atoms with Crippen molar-refractivity contribution in [2.24, 2.45) is 17.4 Å². The molecule has 0 aliphatic rings. The highest BCUT2D eigenvalue weighted by atomic mass is 16.4. The molecule has 35 heavy (non-hydrogen) atoms. The van der Waals surface area contributed by atoms with Crippen LogP contribution >= 0.6 is 0 Å². The Morgan fingerprint density at radius 1 is 1.00 bits per heavy atom. The van der Waals surface area contributed by atoms with Gasteiger partial charge in [-0.15, -0.1) is 0 Å². The van der Waals surface area contributed by atoms with Crippen LogP contribution in [0.25, 0.3) is 10.9 Å². The zero-order valence-electron chi connectivity index (χ0n) is 19.7. The van der Waals surface area contributed by atoms with Crippen molar-refractivity contribution in [1.29, 1.82) is 0 Å². The number of carboxylic acid groups (broad SMARTS) is 1. The molecule has 1 heterocycles. The first-order valence-corrected chi connectivity index (χ1v) is 11.2. The lowest BCUT2D eigenvalue weighted by atomic mass is 10.00. The van der Waals surface area contributed by atoms with Gasteiger partial charge < -0.3 is 37.5 Å². The first-order valence-electron chi connectivity index (χ1n) is 11.2. The molecule has 0 radical (unpaired) electrons. The van der Waals surface area contributed by atoms with Crippen molar-refractivity contribution in [1.82, 2.24) is 20.9 Å². The maximum atomic E-state index is 13.0. The van der Waals surface area contributed by atoms with Crippen LogP contribution in [-0.4, -0.2) is 64.4 Å². The minimum atomic E-state index is -1.25. The van der Waals surface area contributed by atoms with Crippen molar-refractivity contribution in [3.63, 3.8) is 0 Å². The third-order valence-electron chi connectivity index (χ3n) is 5.48. The molecule has 2 rings (SSSR count). The second kappa shape index (κ2) is 12.5. The van der Waals surface area contributed by atoms with Gasteiger partial charge in [0, 0.05) is 29.9 Å². The lowest BCUT2D eigenvalue weighted by Gasteiger charge is -2.26. The van der Waals surface area contributed by atoms with Crippen LogP contribution in [0, 0.1) is 5.92 Å². The molecule has 1 aromatic heterocycles. The van der Waals surface area contributed by atoms with Crippen LogP contribution in [0.2, 0.25) is 0 Å². The van der Waals surface area contributed by atoms with Gasteiger partial charge in [-0.05, 0) is 24.0 Å². The number of hydrogen-bond acceptors (Lipinski definition) is 6. The van der Waals surface area contributed by atoms with Crippen molar-refractivity contribution < 1.29 is 29.1 Å². The second-order valence-electron chi connectivity index (χ2n) is 8.52. The van der Waals surface area contributed by atoms with E-state index in [0.29, 0.717) is 0 Å². The summed E-state index contributed by atoms with van der Waals surface area (Å²) in [5, 5.41) is 18.0. The molecular formula is C23H32N6O6. The van der Waals surface area contributed by atoms with E-state index in [4.69, 9.17) is 11.5 Å². The average Bonchev–Trinajstić information content (AvgIpc) is 3.21. The molecule has 0 spiro atoms. The summed E-state index contributed by atoms with van der Waals surface area (Å²) in [6.07, 6.45) is 1.46. The predicted molar refractivity (Wildman–Crippen MR) is 128 cm³/mol. The number of primary amides is 1. The van der Waals surface area contributed by atoms with Gasteiger partial charge >= 0.3 is 5.97 Å². The van der Waals surface area contributed by atoms with E-state index in [0.717, 1.165) is 16.5 Å². The molecule has 9 N–H and O–H groups in total. The van der Waals surface area contributed by atoms with Gasteiger partial charge in [-0.25, -0.2) is 4.79 Å². The molecule has 0 saturated carbocycles. The van der Waals surface area contributed by atoms with Crippen molar-refractivity contribution in [2.45, 2.75) is 51.2 Å². The Kier molecular flexibility index (Phi) is 9.76. The van der Waals surface area contributed by atoms with Crippen LogP contribution in [-0.2, 0) is 30.4 Å². The van der Waals surface area contributed by atoms with E-state index in [9.17, 15) is 29.1 Å². The maximum Gasteiger partial charge on any atom is 0.326 e. The number of carbonyl (C=O) groups is 5. The Balaban J connectivity index is 2.14. The zero-order valence-corrected chi connectivity index (χ0v) is 19.7. The second-order valence-corrected chi connectivity index (χ2v) is 8.52. The normalized spacial score (nSPS) is 13.6. The Morgan fingerprint density at radius 2 is 1.69 bits per heavy atom. The van der Waals surface area contributed by atoms with Gasteiger partial charge in [-0.3, -0.25) is 19.2 Å². The van der Waals surface area contributed by atoms with Gasteiger partial charge in [0.15, 0.2) is 0 Å². The van der Waals surface area contributed by atoms with Crippen molar-refractivity contribution in [3.8, 4) is 0 Å². The highest BCUT2D eigenvalue weighted by Gasteiger charge is 2.31. The SMILES string of the molecule is CC(C)C(NC(=O)C(CCC(N)=O)NC(=O)CN)C(=O)NC(Cc1c[nH]c2ccccc12)C(=O)O. The van der Waals surface area contributed by atoms with Gasteiger partial charge in [-0.1, -0.05) is 32.0 Å². The number of aromatic nitrogens is 1. The number of para-hydroxylation sites is 1. The third kappa shape index (κ3) is 7.81. The van der Waals surface area contributed by atoms with E-state index in [1.54, 1.807) is 20.0 Å². The largest absolute Gasteiger partial charge is 0.480 e. The van der Waals surface area contributed by atoms with Gasteiger partial charge in [0.05, 0.1) is 6.54 Å². The number of benzene rings is 1. The molecule has 3 unspecified atom stereocenters.